The molecule has 0 bridgehead atoms. The predicted molar refractivity (Wildman–Crippen MR) is 122 cm³/mol. The van der Waals surface area contributed by atoms with E-state index < -0.39 is 15.9 Å². The van der Waals surface area contributed by atoms with Crippen LogP contribution < -0.4 is 14.8 Å². The average Bonchev–Trinajstić information content (AvgIpc) is 3.15. The lowest BCUT2D eigenvalue weighted by molar-refractivity contribution is 0.102. The first kappa shape index (κ1) is 21.7. The summed E-state index contributed by atoms with van der Waals surface area (Å²) in [5, 5.41) is 4.58. The summed E-state index contributed by atoms with van der Waals surface area (Å²) in [7, 11) is 1.89. The van der Waals surface area contributed by atoms with Crippen molar-refractivity contribution in [3.8, 4) is 11.5 Å². The smallest absolute Gasteiger partial charge is 0.255 e. The van der Waals surface area contributed by atoms with Gasteiger partial charge in [0.15, 0.2) is 0 Å². The topological polar surface area (TPSA) is 98.1 Å². The largest absolute Gasteiger partial charge is 0.495 e. The van der Waals surface area contributed by atoms with Crippen LogP contribution in [0, 0.1) is 0 Å². The maximum Gasteiger partial charge on any atom is 0.255 e. The molecular weight excluding hydrogens is 432 g/mol. The number of para-hydroxylation sites is 1. The van der Waals surface area contributed by atoms with Gasteiger partial charge in [0.25, 0.3) is 5.91 Å². The van der Waals surface area contributed by atoms with Crippen molar-refractivity contribution in [2.75, 3.05) is 33.6 Å². The van der Waals surface area contributed by atoms with Crippen molar-refractivity contribution >= 4 is 43.6 Å². The van der Waals surface area contributed by atoms with Crippen LogP contribution in [0.4, 0.5) is 5.69 Å². The highest BCUT2D eigenvalue weighted by molar-refractivity contribution is 7.89. The molecule has 0 aliphatic rings. The summed E-state index contributed by atoms with van der Waals surface area (Å²) in [6.07, 6.45) is 0. The number of anilines is 1. The van der Waals surface area contributed by atoms with E-state index in [9.17, 15) is 13.2 Å². The van der Waals surface area contributed by atoms with Crippen LogP contribution >= 0.6 is 0 Å². The summed E-state index contributed by atoms with van der Waals surface area (Å²) in [6.45, 7) is 0. The van der Waals surface area contributed by atoms with E-state index in [0.29, 0.717) is 17.0 Å². The van der Waals surface area contributed by atoms with Crippen LogP contribution in [-0.2, 0) is 10.0 Å². The van der Waals surface area contributed by atoms with E-state index in [1.807, 2.05) is 24.3 Å². The molecule has 0 aliphatic heterocycles. The van der Waals surface area contributed by atoms with Crippen molar-refractivity contribution in [1.29, 1.82) is 0 Å². The highest BCUT2D eigenvalue weighted by Gasteiger charge is 2.24. The summed E-state index contributed by atoms with van der Waals surface area (Å²) in [5.41, 5.74) is 1.87. The van der Waals surface area contributed by atoms with Gasteiger partial charge in [-0.3, -0.25) is 4.79 Å². The number of nitrogens with one attached hydrogen (secondary N) is 1. The number of rotatable bonds is 6. The van der Waals surface area contributed by atoms with Gasteiger partial charge in [-0.25, -0.2) is 12.7 Å². The van der Waals surface area contributed by atoms with Crippen molar-refractivity contribution in [1.82, 2.24) is 4.31 Å². The molecule has 0 saturated heterocycles. The molecular formula is C23H22N2O6S. The van der Waals surface area contributed by atoms with Crippen LogP contribution in [0.25, 0.3) is 21.9 Å². The van der Waals surface area contributed by atoms with Crippen molar-refractivity contribution in [2.45, 2.75) is 4.90 Å². The van der Waals surface area contributed by atoms with E-state index in [4.69, 9.17) is 13.9 Å². The minimum absolute atomic E-state index is 0.0997. The number of benzene rings is 3. The molecule has 1 amide bonds. The minimum atomic E-state index is -3.82. The van der Waals surface area contributed by atoms with Crippen molar-refractivity contribution in [3.63, 3.8) is 0 Å². The standard InChI is InChI=1S/C23H22N2O6S/c1-25(2)32(27,28)22-11-14(9-10-19(22)29-3)23(26)24-17-13-20-16(12-21(17)30-4)15-7-5-6-8-18(15)31-20/h5-13H,1-4H3,(H,24,26). The monoisotopic (exact) mass is 454 g/mol. The van der Waals surface area contributed by atoms with Gasteiger partial charge >= 0.3 is 0 Å². The van der Waals surface area contributed by atoms with Crippen molar-refractivity contribution in [3.05, 3.63) is 60.2 Å². The Morgan fingerprint density at radius 1 is 0.906 bits per heavy atom. The molecule has 0 saturated carbocycles. The zero-order valence-corrected chi connectivity index (χ0v) is 18.8. The second kappa shape index (κ2) is 8.18. The summed E-state index contributed by atoms with van der Waals surface area (Å²) in [5.74, 6) is 0.0974. The van der Waals surface area contributed by atoms with E-state index in [0.717, 1.165) is 20.7 Å². The molecule has 4 aromatic rings. The van der Waals surface area contributed by atoms with Crippen LogP contribution in [0.2, 0.25) is 0 Å². The van der Waals surface area contributed by atoms with Gasteiger partial charge in [0, 0.05) is 36.5 Å². The SMILES string of the molecule is COc1cc2c(cc1NC(=O)c1ccc(OC)c(S(=O)(=O)N(C)C)c1)oc1ccccc12. The fourth-order valence-electron chi connectivity index (χ4n) is 3.43. The van der Waals surface area contributed by atoms with Gasteiger partial charge in [-0.2, -0.15) is 0 Å². The molecule has 1 aromatic heterocycles. The molecule has 9 heteroatoms. The maximum atomic E-state index is 13.0. The first-order chi connectivity index (χ1) is 15.3. The van der Waals surface area contributed by atoms with Crippen LogP contribution in [-0.4, -0.2) is 46.9 Å². The number of carbonyl (C=O) groups is 1. The number of methoxy groups -OCH3 is 2. The number of nitrogens with zero attached hydrogens (tertiary/aromatic N) is 1. The Bertz CT molecular complexity index is 1440. The molecule has 32 heavy (non-hydrogen) atoms. The minimum Gasteiger partial charge on any atom is -0.495 e. The molecule has 1 heterocycles. The number of hydrogen-bond donors (Lipinski definition) is 1. The van der Waals surface area contributed by atoms with Gasteiger partial charge < -0.3 is 19.2 Å². The summed E-state index contributed by atoms with van der Waals surface area (Å²) in [6, 6.07) is 15.3. The molecule has 3 aromatic carbocycles. The molecule has 0 spiro atoms. The number of furan rings is 1. The highest BCUT2D eigenvalue weighted by atomic mass is 32.2. The fraction of sp³-hybridized carbons (Fsp3) is 0.174. The molecule has 8 nitrogen and oxygen atoms in total. The first-order valence-electron chi connectivity index (χ1n) is 9.67. The third kappa shape index (κ3) is 3.65. The fourth-order valence-corrected chi connectivity index (χ4v) is 4.50. The van der Waals surface area contributed by atoms with Gasteiger partial charge in [-0.05, 0) is 30.3 Å². The summed E-state index contributed by atoms with van der Waals surface area (Å²) in [4.78, 5) is 12.9. The second-order valence-corrected chi connectivity index (χ2v) is 9.37. The Morgan fingerprint density at radius 3 is 2.31 bits per heavy atom. The van der Waals surface area contributed by atoms with Crippen LogP contribution in [0.3, 0.4) is 0 Å². The quantitative estimate of drug-likeness (QED) is 0.471. The lowest BCUT2D eigenvalue weighted by atomic mass is 10.1. The van der Waals surface area contributed by atoms with E-state index in [1.165, 1.54) is 46.5 Å². The Balaban J connectivity index is 1.75. The van der Waals surface area contributed by atoms with Gasteiger partial charge in [-0.15, -0.1) is 0 Å². The van der Waals surface area contributed by atoms with Gasteiger partial charge in [-0.1, -0.05) is 18.2 Å². The lowest BCUT2D eigenvalue weighted by Crippen LogP contribution is -2.23. The molecule has 0 fully saturated rings. The molecule has 1 N–H and O–H groups in total. The Morgan fingerprint density at radius 2 is 1.62 bits per heavy atom. The van der Waals surface area contributed by atoms with Crippen molar-refractivity contribution in [2.24, 2.45) is 0 Å². The second-order valence-electron chi connectivity index (χ2n) is 7.25. The molecule has 166 valence electrons. The predicted octanol–water partition coefficient (Wildman–Crippen LogP) is 4.11. The maximum absolute atomic E-state index is 13.0. The molecule has 0 aliphatic carbocycles. The van der Waals surface area contributed by atoms with Crippen LogP contribution in [0.5, 0.6) is 11.5 Å². The average molecular weight is 455 g/mol. The highest BCUT2D eigenvalue weighted by Crippen LogP contribution is 2.36. The Hall–Kier alpha value is -3.56. The third-order valence-electron chi connectivity index (χ3n) is 5.13. The third-order valence-corrected chi connectivity index (χ3v) is 6.97. The lowest BCUT2D eigenvalue weighted by Gasteiger charge is -2.16. The number of carbonyl (C=O) groups excluding carboxylic acids is 1. The number of fused-ring (bicyclic) bond motifs is 3. The van der Waals surface area contributed by atoms with E-state index >= 15 is 0 Å². The van der Waals surface area contributed by atoms with Gasteiger partial charge in [0.1, 0.15) is 27.6 Å². The number of hydrogen-bond acceptors (Lipinski definition) is 6. The summed E-state index contributed by atoms with van der Waals surface area (Å²) >= 11 is 0. The zero-order valence-electron chi connectivity index (χ0n) is 18.0. The first-order valence-corrected chi connectivity index (χ1v) is 11.1. The number of amides is 1. The molecule has 0 atom stereocenters. The van der Waals surface area contributed by atoms with E-state index in [-0.39, 0.29) is 16.2 Å². The Labute approximate surface area is 185 Å². The van der Waals surface area contributed by atoms with E-state index in [1.54, 1.807) is 12.1 Å². The normalized spacial score (nSPS) is 11.8. The zero-order chi connectivity index (χ0) is 23.0. The van der Waals surface area contributed by atoms with Crippen LogP contribution in [0.1, 0.15) is 10.4 Å². The van der Waals surface area contributed by atoms with E-state index in [2.05, 4.69) is 5.32 Å². The van der Waals surface area contributed by atoms with Gasteiger partial charge in [0.05, 0.1) is 19.9 Å². The van der Waals surface area contributed by atoms with Crippen LogP contribution in [0.15, 0.2) is 63.9 Å². The molecule has 4 rings (SSSR count). The molecule has 0 radical (unpaired) electrons. The summed E-state index contributed by atoms with van der Waals surface area (Å²) < 4.78 is 42.9. The number of sulfonamides is 1. The molecule has 0 unspecified atom stereocenters. The van der Waals surface area contributed by atoms with Crippen molar-refractivity contribution < 1.29 is 27.1 Å². The van der Waals surface area contributed by atoms with Gasteiger partial charge in [0.2, 0.25) is 10.0 Å². The number of ether oxygens (including phenoxy) is 2. The Kier molecular flexibility index (Phi) is 5.53.